The molecule has 0 spiro atoms. The molecule has 47 valence electrons. The highest BCUT2D eigenvalue weighted by molar-refractivity contribution is 4.97. The van der Waals surface area contributed by atoms with E-state index in [2.05, 4.69) is 0 Å². The molecule has 1 aliphatic rings. The molecule has 0 aromatic carbocycles. The van der Waals surface area contributed by atoms with Gasteiger partial charge in [-0.25, -0.2) is 4.39 Å². The summed E-state index contributed by atoms with van der Waals surface area (Å²) in [5.41, 5.74) is 0. The lowest BCUT2D eigenvalue weighted by Crippen LogP contribution is -2.36. The predicted molar refractivity (Wildman–Crippen MR) is 29.2 cm³/mol. The first-order valence-electron chi connectivity index (χ1n) is 2.93. The molecule has 0 heterocycles. The zero-order valence-corrected chi connectivity index (χ0v) is 4.93. The Kier molecular flexibility index (Phi) is 1.84. The first-order valence-corrected chi connectivity index (χ1v) is 2.93. The second-order valence-corrected chi connectivity index (χ2v) is 1.91. The molecule has 0 aromatic rings. The first-order chi connectivity index (χ1) is 3.84. The molecule has 1 nitrogen and oxygen atoms in total. The lowest BCUT2D eigenvalue weighted by atomic mass is 9.94. The van der Waals surface area contributed by atoms with Gasteiger partial charge in [0.2, 0.25) is 0 Å². The minimum Gasteiger partial charge on any atom is -0.375 e. The summed E-state index contributed by atoms with van der Waals surface area (Å²) in [4.78, 5) is 0. The van der Waals surface area contributed by atoms with Crippen LogP contribution in [0.3, 0.4) is 0 Å². The monoisotopic (exact) mass is 117 g/mol. The minimum atomic E-state index is -0.796. The molecule has 0 N–H and O–H groups in total. The molecule has 2 atom stereocenters. The van der Waals surface area contributed by atoms with E-state index >= 15 is 0 Å². The third-order valence-electron chi connectivity index (χ3n) is 1.33. The fraction of sp³-hybridized carbons (Fsp3) is 0.833. The largest absolute Gasteiger partial charge is 0.375 e. The van der Waals surface area contributed by atoms with E-state index in [0.29, 0.717) is 6.61 Å². The highest BCUT2D eigenvalue weighted by Crippen LogP contribution is 2.24. The Morgan fingerprint density at radius 3 is 2.75 bits per heavy atom. The van der Waals surface area contributed by atoms with Gasteiger partial charge in [0.15, 0.2) is 0 Å². The lowest BCUT2D eigenvalue weighted by molar-refractivity contribution is -0.0223. The van der Waals surface area contributed by atoms with Crippen LogP contribution < -0.4 is 0 Å². The van der Waals surface area contributed by atoms with Gasteiger partial charge in [-0.1, -0.05) is 0 Å². The van der Waals surface area contributed by atoms with Crippen LogP contribution in [0.25, 0.3) is 0 Å². The average Bonchev–Trinajstić information content (AvgIpc) is 1.79. The van der Waals surface area contributed by atoms with Crippen molar-refractivity contribution in [3.8, 4) is 0 Å². The molecule has 1 fully saturated rings. The predicted octanol–water partition coefficient (Wildman–Crippen LogP) is 1.34. The maximum Gasteiger partial charge on any atom is 0.129 e. The van der Waals surface area contributed by atoms with Gasteiger partial charge in [0.05, 0.1) is 6.10 Å². The van der Waals surface area contributed by atoms with Gasteiger partial charge in [0.1, 0.15) is 6.17 Å². The van der Waals surface area contributed by atoms with E-state index in [1.807, 2.05) is 6.92 Å². The third-order valence-corrected chi connectivity index (χ3v) is 1.33. The summed E-state index contributed by atoms with van der Waals surface area (Å²) in [6.07, 6.45) is 1.49. The van der Waals surface area contributed by atoms with Gasteiger partial charge in [-0.3, -0.25) is 0 Å². The van der Waals surface area contributed by atoms with Gasteiger partial charge in [-0.05, 0) is 13.3 Å². The zero-order valence-electron chi connectivity index (χ0n) is 4.93. The molecular formula is C6H10FO. The molecule has 1 rings (SSSR count). The van der Waals surface area contributed by atoms with E-state index in [9.17, 15) is 4.39 Å². The van der Waals surface area contributed by atoms with Crippen molar-refractivity contribution in [3.63, 3.8) is 0 Å². The molecule has 1 aliphatic carbocycles. The Morgan fingerprint density at radius 2 is 2.62 bits per heavy atom. The highest BCUT2D eigenvalue weighted by Gasteiger charge is 2.31. The molecule has 0 aliphatic heterocycles. The van der Waals surface area contributed by atoms with Gasteiger partial charge in [0, 0.05) is 13.0 Å². The summed E-state index contributed by atoms with van der Waals surface area (Å²) in [5, 5.41) is 0. The first kappa shape index (κ1) is 6.02. The van der Waals surface area contributed by atoms with Crippen molar-refractivity contribution in [1.82, 2.24) is 0 Å². The van der Waals surface area contributed by atoms with Gasteiger partial charge in [-0.15, -0.1) is 0 Å². The van der Waals surface area contributed by atoms with Crippen molar-refractivity contribution < 1.29 is 9.13 Å². The van der Waals surface area contributed by atoms with Crippen LogP contribution in [0.15, 0.2) is 0 Å². The van der Waals surface area contributed by atoms with Crippen molar-refractivity contribution in [2.24, 2.45) is 0 Å². The Labute approximate surface area is 48.8 Å². The molecule has 0 amide bonds. The van der Waals surface area contributed by atoms with Crippen LogP contribution in [-0.4, -0.2) is 18.9 Å². The van der Waals surface area contributed by atoms with Crippen molar-refractivity contribution in [3.05, 3.63) is 6.42 Å². The van der Waals surface area contributed by atoms with Gasteiger partial charge in [0.25, 0.3) is 0 Å². The average molecular weight is 117 g/mol. The Balaban J connectivity index is 2.08. The number of alkyl halides is 1. The number of hydrogen-bond donors (Lipinski definition) is 0. The number of halogens is 1. The van der Waals surface area contributed by atoms with Crippen LogP contribution in [0.2, 0.25) is 0 Å². The van der Waals surface area contributed by atoms with E-state index in [1.54, 1.807) is 6.42 Å². The standard InChI is InChI=1S/C6H10FO/c1-2-8-6-4-3-5(6)7/h3,5-6H,2,4H2,1H3/t5?,6-/m0/s1. The topological polar surface area (TPSA) is 9.23 Å². The minimum absolute atomic E-state index is 0.125. The van der Waals surface area contributed by atoms with Crippen molar-refractivity contribution >= 4 is 0 Å². The van der Waals surface area contributed by atoms with Crippen molar-refractivity contribution in [1.29, 1.82) is 0 Å². The molecule has 1 unspecified atom stereocenters. The quantitative estimate of drug-likeness (QED) is 0.530. The molecule has 2 heteroatoms. The van der Waals surface area contributed by atoms with E-state index in [1.165, 1.54) is 0 Å². The van der Waals surface area contributed by atoms with Crippen LogP contribution in [0.1, 0.15) is 13.3 Å². The molecule has 8 heavy (non-hydrogen) atoms. The SMILES string of the molecule is CCO[C@H]1C[CH]C1F. The second kappa shape index (κ2) is 2.44. The summed E-state index contributed by atoms with van der Waals surface area (Å²) in [7, 11) is 0. The second-order valence-electron chi connectivity index (χ2n) is 1.91. The third kappa shape index (κ3) is 0.996. The van der Waals surface area contributed by atoms with Gasteiger partial charge >= 0.3 is 0 Å². The van der Waals surface area contributed by atoms with E-state index in [-0.39, 0.29) is 6.10 Å². The fourth-order valence-corrected chi connectivity index (χ4v) is 0.724. The molecule has 0 bridgehead atoms. The van der Waals surface area contributed by atoms with Crippen molar-refractivity contribution in [2.45, 2.75) is 25.6 Å². The van der Waals surface area contributed by atoms with E-state index < -0.39 is 6.17 Å². The number of ether oxygens (including phenoxy) is 1. The summed E-state index contributed by atoms with van der Waals surface area (Å²) < 4.78 is 17.2. The molecule has 1 saturated carbocycles. The summed E-state index contributed by atoms with van der Waals surface area (Å²) in [6.45, 7) is 2.50. The summed E-state index contributed by atoms with van der Waals surface area (Å²) in [6, 6.07) is 0. The van der Waals surface area contributed by atoms with Crippen LogP contribution in [0.4, 0.5) is 4.39 Å². The lowest BCUT2D eigenvalue weighted by Gasteiger charge is -2.29. The summed E-state index contributed by atoms with van der Waals surface area (Å²) >= 11 is 0. The Hall–Kier alpha value is -0.110. The van der Waals surface area contributed by atoms with E-state index in [4.69, 9.17) is 4.74 Å². The normalized spacial score (nSPS) is 36.8. The van der Waals surface area contributed by atoms with Gasteiger partial charge in [-0.2, -0.15) is 0 Å². The maximum absolute atomic E-state index is 12.2. The summed E-state index contributed by atoms with van der Waals surface area (Å²) in [5.74, 6) is 0. The Bertz CT molecular complexity index is 74.9. The highest BCUT2D eigenvalue weighted by atomic mass is 19.1. The number of hydrogen-bond acceptors (Lipinski definition) is 1. The Morgan fingerprint density at radius 1 is 1.88 bits per heavy atom. The molecule has 0 aromatic heterocycles. The smallest absolute Gasteiger partial charge is 0.129 e. The van der Waals surface area contributed by atoms with Crippen LogP contribution >= 0.6 is 0 Å². The molecule has 1 radical (unpaired) electrons. The van der Waals surface area contributed by atoms with Crippen LogP contribution in [0.5, 0.6) is 0 Å². The molecular weight excluding hydrogens is 107 g/mol. The fourth-order valence-electron chi connectivity index (χ4n) is 0.724. The maximum atomic E-state index is 12.2. The van der Waals surface area contributed by atoms with Crippen LogP contribution in [-0.2, 0) is 4.74 Å². The number of rotatable bonds is 2. The molecule has 0 saturated heterocycles. The zero-order chi connectivity index (χ0) is 5.98. The van der Waals surface area contributed by atoms with E-state index in [0.717, 1.165) is 6.42 Å². The van der Waals surface area contributed by atoms with Gasteiger partial charge < -0.3 is 4.74 Å². The van der Waals surface area contributed by atoms with Crippen LogP contribution in [0, 0.1) is 6.42 Å². The van der Waals surface area contributed by atoms with Crippen molar-refractivity contribution in [2.75, 3.05) is 6.61 Å².